The van der Waals surface area contributed by atoms with Crippen LogP contribution in [0, 0.1) is 0 Å². The van der Waals surface area contributed by atoms with Crippen molar-refractivity contribution in [3.05, 3.63) is 35.4 Å². The molecule has 1 rings (SSSR count). The summed E-state index contributed by atoms with van der Waals surface area (Å²) in [6, 6.07) is 8.05. The summed E-state index contributed by atoms with van der Waals surface area (Å²) in [5.41, 5.74) is 7.54. The van der Waals surface area contributed by atoms with E-state index in [-0.39, 0.29) is 6.61 Å². The molecule has 0 fully saturated rings. The van der Waals surface area contributed by atoms with Gasteiger partial charge in [0.25, 0.3) is 0 Å². The molecule has 0 bridgehead atoms. The van der Waals surface area contributed by atoms with Crippen LogP contribution in [0.25, 0.3) is 0 Å². The van der Waals surface area contributed by atoms with E-state index in [0.717, 1.165) is 12.0 Å². The van der Waals surface area contributed by atoms with Gasteiger partial charge in [-0.1, -0.05) is 31.2 Å². The molecule has 0 amide bonds. The van der Waals surface area contributed by atoms with Crippen molar-refractivity contribution in [2.45, 2.75) is 25.8 Å². The lowest BCUT2D eigenvalue weighted by atomic mass is 9.92. The fraction of sp³-hybridized carbons (Fsp3) is 0.455. The molecule has 0 saturated heterocycles. The molecule has 0 saturated carbocycles. The Morgan fingerprint density at radius 2 is 2.15 bits per heavy atom. The number of nitrogens with two attached hydrogens (primary N) is 1. The van der Waals surface area contributed by atoms with E-state index in [1.807, 2.05) is 19.1 Å². The first-order valence-electron chi connectivity index (χ1n) is 4.59. The lowest BCUT2D eigenvalue weighted by Gasteiger charge is -2.22. The number of benzene rings is 1. The molecule has 72 valence electrons. The molecule has 0 heterocycles. The Balaban J connectivity index is 3.01. The van der Waals surface area contributed by atoms with Crippen molar-refractivity contribution in [1.82, 2.24) is 0 Å². The molecule has 0 aliphatic carbocycles. The van der Waals surface area contributed by atoms with E-state index in [1.165, 1.54) is 5.56 Å². The predicted octanol–water partition coefficient (Wildman–Crippen LogP) is 1.42. The summed E-state index contributed by atoms with van der Waals surface area (Å²) in [4.78, 5) is 0. The molecule has 0 aromatic heterocycles. The molecule has 1 aromatic carbocycles. The van der Waals surface area contributed by atoms with Crippen LogP contribution in [0.1, 0.15) is 25.0 Å². The first-order chi connectivity index (χ1) is 6.10. The minimum atomic E-state index is -0.620. The topological polar surface area (TPSA) is 46.2 Å². The summed E-state index contributed by atoms with van der Waals surface area (Å²) in [6.45, 7) is 3.91. The highest BCUT2D eigenvalue weighted by Crippen LogP contribution is 2.18. The van der Waals surface area contributed by atoms with E-state index in [2.05, 4.69) is 19.1 Å². The van der Waals surface area contributed by atoms with E-state index >= 15 is 0 Å². The van der Waals surface area contributed by atoms with Crippen LogP contribution in [-0.2, 0) is 12.0 Å². The molecule has 1 aromatic rings. The lowest BCUT2D eigenvalue weighted by Crippen LogP contribution is -2.36. The summed E-state index contributed by atoms with van der Waals surface area (Å²) < 4.78 is 0. The summed E-state index contributed by atoms with van der Waals surface area (Å²) in [7, 11) is 0. The van der Waals surface area contributed by atoms with Gasteiger partial charge >= 0.3 is 0 Å². The fourth-order valence-electron chi connectivity index (χ4n) is 1.24. The minimum absolute atomic E-state index is 0.0276. The van der Waals surface area contributed by atoms with Crippen molar-refractivity contribution in [3.63, 3.8) is 0 Å². The maximum Gasteiger partial charge on any atom is 0.0650 e. The largest absolute Gasteiger partial charge is 0.394 e. The number of aliphatic hydroxyl groups is 1. The molecule has 3 N–H and O–H groups in total. The Morgan fingerprint density at radius 3 is 2.69 bits per heavy atom. The number of rotatable bonds is 3. The quantitative estimate of drug-likeness (QED) is 0.737. The van der Waals surface area contributed by atoms with Crippen LogP contribution in [0.4, 0.5) is 0 Å². The molecule has 0 aliphatic heterocycles. The third-order valence-electron chi connectivity index (χ3n) is 2.32. The monoisotopic (exact) mass is 179 g/mol. The standard InChI is InChI=1S/C11H17NO/c1-3-9-5-4-6-10(7-9)11(2,12)8-13/h4-7,13H,3,8,12H2,1-2H3/t11-/m1/s1. The predicted molar refractivity (Wildman–Crippen MR) is 54.4 cm³/mol. The highest BCUT2D eigenvalue weighted by molar-refractivity contribution is 5.28. The van der Waals surface area contributed by atoms with Crippen molar-refractivity contribution >= 4 is 0 Å². The van der Waals surface area contributed by atoms with Gasteiger partial charge in [0.2, 0.25) is 0 Å². The van der Waals surface area contributed by atoms with Gasteiger partial charge in [-0.05, 0) is 24.5 Å². The second-order valence-electron chi connectivity index (χ2n) is 3.63. The maximum atomic E-state index is 9.09. The molecular formula is C11H17NO. The maximum absolute atomic E-state index is 9.09. The van der Waals surface area contributed by atoms with Gasteiger partial charge in [0.05, 0.1) is 12.1 Å². The number of aliphatic hydroxyl groups excluding tert-OH is 1. The van der Waals surface area contributed by atoms with Gasteiger partial charge in [-0.2, -0.15) is 0 Å². The lowest BCUT2D eigenvalue weighted by molar-refractivity contribution is 0.210. The van der Waals surface area contributed by atoms with Gasteiger partial charge in [0.15, 0.2) is 0 Å². The summed E-state index contributed by atoms with van der Waals surface area (Å²) >= 11 is 0. The average molecular weight is 179 g/mol. The zero-order chi connectivity index (χ0) is 9.90. The third kappa shape index (κ3) is 2.29. The Hall–Kier alpha value is -0.860. The van der Waals surface area contributed by atoms with E-state index in [1.54, 1.807) is 0 Å². The first kappa shape index (κ1) is 10.2. The van der Waals surface area contributed by atoms with Gasteiger partial charge in [0.1, 0.15) is 0 Å². The fourth-order valence-corrected chi connectivity index (χ4v) is 1.24. The molecule has 2 nitrogen and oxygen atoms in total. The zero-order valence-electron chi connectivity index (χ0n) is 8.25. The van der Waals surface area contributed by atoms with Crippen molar-refractivity contribution in [2.75, 3.05) is 6.61 Å². The van der Waals surface area contributed by atoms with Crippen molar-refractivity contribution < 1.29 is 5.11 Å². The summed E-state index contributed by atoms with van der Waals surface area (Å²) in [5, 5.41) is 9.09. The van der Waals surface area contributed by atoms with Crippen LogP contribution in [0.2, 0.25) is 0 Å². The van der Waals surface area contributed by atoms with Gasteiger partial charge < -0.3 is 10.8 Å². The molecule has 0 aliphatic rings. The average Bonchev–Trinajstić information content (AvgIpc) is 2.18. The van der Waals surface area contributed by atoms with Gasteiger partial charge in [0, 0.05) is 0 Å². The smallest absolute Gasteiger partial charge is 0.0650 e. The zero-order valence-corrected chi connectivity index (χ0v) is 8.25. The second kappa shape index (κ2) is 3.90. The van der Waals surface area contributed by atoms with Crippen molar-refractivity contribution in [3.8, 4) is 0 Å². The summed E-state index contributed by atoms with van der Waals surface area (Å²) in [5.74, 6) is 0. The number of aryl methyl sites for hydroxylation is 1. The first-order valence-corrected chi connectivity index (χ1v) is 4.59. The third-order valence-corrected chi connectivity index (χ3v) is 2.32. The minimum Gasteiger partial charge on any atom is -0.394 e. The molecule has 0 spiro atoms. The molecule has 2 heteroatoms. The highest BCUT2D eigenvalue weighted by Gasteiger charge is 2.19. The van der Waals surface area contributed by atoms with E-state index in [9.17, 15) is 0 Å². The van der Waals surface area contributed by atoms with E-state index in [4.69, 9.17) is 10.8 Å². The van der Waals surface area contributed by atoms with Crippen molar-refractivity contribution in [2.24, 2.45) is 5.73 Å². The Kier molecular flexibility index (Phi) is 3.07. The van der Waals surface area contributed by atoms with E-state index < -0.39 is 5.54 Å². The van der Waals surface area contributed by atoms with Gasteiger partial charge in [-0.15, -0.1) is 0 Å². The number of hydrogen-bond acceptors (Lipinski definition) is 2. The molecule has 1 atom stereocenters. The number of hydrogen-bond donors (Lipinski definition) is 2. The Bertz CT molecular complexity index is 281. The van der Waals surface area contributed by atoms with Crippen LogP contribution < -0.4 is 5.73 Å². The van der Waals surface area contributed by atoms with Crippen LogP contribution in [-0.4, -0.2) is 11.7 Å². The Labute approximate surface area is 79.4 Å². The van der Waals surface area contributed by atoms with Crippen LogP contribution in [0.5, 0.6) is 0 Å². The molecule has 0 unspecified atom stereocenters. The van der Waals surface area contributed by atoms with Crippen LogP contribution in [0.15, 0.2) is 24.3 Å². The Morgan fingerprint density at radius 1 is 1.46 bits per heavy atom. The second-order valence-corrected chi connectivity index (χ2v) is 3.63. The van der Waals surface area contributed by atoms with Gasteiger partial charge in [-0.25, -0.2) is 0 Å². The van der Waals surface area contributed by atoms with Crippen molar-refractivity contribution in [1.29, 1.82) is 0 Å². The normalized spacial score (nSPS) is 15.4. The highest BCUT2D eigenvalue weighted by atomic mass is 16.3. The molecule has 0 radical (unpaired) electrons. The van der Waals surface area contributed by atoms with Crippen LogP contribution in [0.3, 0.4) is 0 Å². The SMILES string of the molecule is CCc1cccc([C@](C)(N)CO)c1. The molecule has 13 heavy (non-hydrogen) atoms. The van der Waals surface area contributed by atoms with Crippen LogP contribution >= 0.6 is 0 Å². The summed E-state index contributed by atoms with van der Waals surface area (Å²) in [6.07, 6.45) is 0.995. The molecular weight excluding hydrogens is 162 g/mol. The van der Waals surface area contributed by atoms with Gasteiger partial charge in [-0.3, -0.25) is 0 Å². The van der Waals surface area contributed by atoms with E-state index in [0.29, 0.717) is 0 Å².